The van der Waals surface area contributed by atoms with E-state index in [0.717, 1.165) is 26.1 Å². The van der Waals surface area contributed by atoms with Crippen LogP contribution in [0.2, 0.25) is 0 Å². The van der Waals surface area contributed by atoms with Crippen LogP contribution in [0.3, 0.4) is 0 Å². The van der Waals surface area contributed by atoms with Crippen LogP contribution in [0.15, 0.2) is 39.4 Å². The van der Waals surface area contributed by atoms with Gasteiger partial charge in [-0.2, -0.15) is 0 Å². The van der Waals surface area contributed by atoms with Crippen molar-refractivity contribution in [2.24, 2.45) is 4.99 Å². The lowest BCUT2D eigenvalue weighted by atomic mass is 10.1. The fraction of sp³-hybridized carbons (Fsp3) is 0.308. The number of hydrazine groups is 1. The highest BCUT2D eigenvalue weighted by Gasteiger charge is 2.21. The maximum absolute atomic E-state index is 4.19. The summed E-state index contributed by atoms with van der Waals surface area (Å²) in [6, 6.07) is 6.40. The van der Waals surface area contributed by atoms with Gasteiger partial charge in [0.15, 0.2) is 0 Å². The molecule has 0 saturated heterocycles. The van der Waals surface area contributed by atoms with Crippen molar-refractivity contribution in [3.05, 3.63) is 45.6 Å². The third-order valence-electron chi connectivity index (χ3n) is 3.12. The van der Waals surface area contributed by atoms with Crippen molar-refractivity contribution in [2.75, 3.05) is 6.54 Å². The number of hydrogen-bond donors (Lipinski definition) is 1. The van der Waals surface area contributed by atoms with Crippen molar-refractivity contribution in [2.45, 2.75) is 19.5 Å². The van der Waals surface area contributed by atoms with Gasteiger partial charge < -0.3 is 5.43 Å². The minimum atomic E-state index is 0.892. The Labute approximate surface area is 109 Å². The second-order valence-corrected chi connectivity index (χ2v) is 5.20. The van der Waals surface area contributed by atoms with E-state index in [9.17, 15) is 0 Å². The zero-order valence-corrected chi connectivity index (χ0v) is 11.1. The molecule has 0 radical (unpaired) electrons. The standard InChI is InChI=1S/C13H14BrN3/c14-13-3-1-2-10-8-17(9-12(10)13)16-11-4-6-15-7-5-11/h1-4,6,16H,5,7-9H2. The van der Waals surface area contributed by atoms with Crippen LogP contribution < -0.4 is 5.43 Å². The molecule has 3 nitrogen and oxygen atoms in total. The van der Waals surface area contributed by atoms with Crippen LogP contribution in [-0.4, -0.2) is 17.8 Å². The van der Waals surface area contributed by atoms with Crippen LogP contribution in [0.4, 0.5) is 0 Å². The van der Waals surface area contributed by atoms with Crippen molar-refractivity contribution >= 4 is 22.1 Å². The summed E-state index contributed by atoms with van der Waals surface area (Å²) < 4.78 is 1.21. The molecule has 0 spiro atoms. The number of hydrogen-bond acceptors (Lipinski definition) is 3. The van der Waals surface area contributed by atoms with Gasteiger partial charge in [-0.05, 0) is 23.3 Å². The highest BCUT2D eigenvalue weighted by Crippen LogP contribution is 2.28. The topological polar surface area (TPSA) is 27.6 Å². The molecule has 0 amide bonds. The molecule has 0 unspecified atom stereocenters. The van der Waals surface area contributed by atoms with E-state index in [1.165, 1.54) is 21.3 Å². The molecule has 1 aromatic carbocycles. The van der Waals surface area contributed by atoms with Crippen molar-refractivity contribution in [3.8, 4) is 0 Å². The van der Waals surface area contributed by atoms with Crippen LogP contribution in [-0.2, 0) is 13.1 Å². The molecule has 1 aromatic rings. The molecule has 17 heavy (non-hydrogen) atoms. The van der Waals surface area contributed by atoms with Gasteiger partial charge >= 0.3 is 0 Å². The molecule has 1 N–H and O–H groups in total. The summed E-state index contributed by atoms with van der Waals surface area (Å²) in [6.07, 6.45) is 4.94. The van der Waals surface area contributed by atoms with E-state index < -0.39 is 0 Å². The molecule has 0 saturated carbocycles. The third-order valence-corrected chi connectivity index (χ3v) is 3.86. The lowest BCUT2D eigenvalue weighted by Gasteiger charge is -2.21. The van der Waals surface area contributed by atoms with E-state index >= 15 is 0 Å². The molecule has 0 fully saturated rings. The first kappa shape index (κ1) is 11.0. The Balaban J connectivity index is 1.72. The number of rotatable bonds is 2. The average Bonchev–Trinajstić information content (AvgIpc) is 2.74. The molecule has 3 rings (SSSR count). The molecule has 0 aromatic heterocycles. The summed E-state index contributed by atoms with van der Waals surface area (Å²) in [7, 11) is 0. The molecule has 88 valence electrons. The first-order valence-electron chi connectivity index (χ1n) is 5.80. The van der Waals surface area contributed by atoms with E-state index in [2.05, 4.69) is 55.6 Å². The SMILES string of the molecule is Brc1cccc2c1CN(NC1=CC=NCC1)C2. The number of halogens is 1. The number of nitrogens with one attached hydrogen (secondary N) is 1. The molecule has 2 heterocycles. The van der Waals surface area contributed by atoms with Gasteiger partial charge in [0.1, 0.15) is 0 Å². The van der Waals surface area contributed by atoms with Gasteiger partial charge in [-0.1, -0.05) is 28.1 Å². The van der Waals surface area contributed by atoms with Crippen molar-refractivity contribution in [3.63, 3.8) is 0 Å². The Bertz CT molecular complexity index is 493. The molecule has 2 aliphatic rings. The average molecular weight is 292 g/mol. The zero-order valence-electron chi connectivity index (χ0n) is 9.49. The van der Waals surface area contributed by atoms with Gasteiger partial charge in [-0.3, -0.25) is 4.99 Å². The number of fused-ring (bicyclic) bond motifs is 1. The number of dihydropyridines is 1. The van der Waals surface area contributed by atoms with E-state index in [0.29, 0.717) is 0 Å². The van der Waals surface area contributed by atoms with E-state index in [1.807, 2.05) is 6.21 Å². The summed E-state index contributed by atoms with van der Waals surface area (Å²) >= 11 is 3.61. The summed E-state index contributed by atoms with van der Waals surface area (Å²) in [5.41, 5.74) is 7.52. The van der Waals surface area contributed by atoms with Crippen LogP contribution >= 0.6 is 15.9 Å². The Kier molecular flexibility index (Phi) is 2.99. The van der Waals surface area contributed by atoms with Gasteiger partial charge in [-0.15, -0.1) is 0 Å². The fourth-order valence-corrected chi connectivity index (χ4v) is 2.77. The minimum absolute atomic E-state index is 0.892. The van der Waals surface area contributed by atoms with Gasteiger partial charge in [-0.25, -0.2) is 5.01 Å². The summed E-state index contributed by atoms with van der Waals surface area (Å²) in [5, 5.41) is 2.25. The number of nitrogens with zero attached hydrogens (tertiary/aromatic N) is 2. The van der Waals surface area contributed by atoms with Crippen molar-refractivity contribution in [1.82, 2.24) is 10.4 Å². The van der Waals surface area contributed by atoms with E-state index in [4.69, 9.17) is 0 Å². The molecule has 0 aliphatic carbocycles. The van der Waals surface area contributed by atoms with E-state index in [-0.39, 0.29) is 0 Å². The predicted molar refractivity (Wildman–Crippen MR) is 72.6 cm³/mol. The molecule has 0 bridgehead atoms. The number of allylic oxidation sites excluding steroid dienone is 1. The molecular weight excluding hydrogens is 278 g/mol. The Morgan fingerprint density at radius 3 is 3.00 bits per heavy atom. The maximum Gasteiger partial charge on any atom is 0.0447 e. The first-order chi connectivity index (χ1) is 8.33. The van der Waals surface area contributed by atoms with Crippen LogP contribution in [0.5, 0.6) is 0 Å². The number of aliphatic imine (C=N–C) groups is 1. The normalized spacial score (nSPS) is 19.0. The van der Waals surface area contributed by atoms with Gasteiger partial charge in [0.2, 0.25) is 0 Å². The van der Waals surface area contributed by atoms with Crippen molar-refractivity contribution < 1.29 is 0 Å². The summed E-state index contributed by atoms with van der Waals surface area (Å²) in [4.78, 5) is 4.19. The highest BCUT2D eigenvalue weighted by molar-refractivity contribution is 9.10. The van der Waals surface area contributed by atoms with Crippen LogP contribution in [0, 0.1) is 0 Å². The van der Waals surface area contributed by atoms with Crippen LogP contribution in [0.25, 0.3) is 0 Å². The highest BCUT2D eigenvalue weighted by atomic mass is 79.9. The summed E-state index contributed by atoms with van der Waals surface area (Å²) in [5.74, 6) is 0. The second-order valence-electron chi connectivity index (χ2n) is 4.34. The third kappa shape index (κ3) is 2.28. The minimum Gasteiger partial charge on any atom is -0.322 e. The molecular formula is C13H14BrN3. The monoisotopic (exact) mass is 291 g/mol. The molecule has 2 aliphatic heterocycles. The number of benzene rings is 1. The van der Waals surface area contributed by atoms with Gasteiger partial charge in [0.25, 0.3) is 0 Å². The molecule has 4 heteroatoms. The predicted octanol–water partition coefficient (Wildman–Crippen LogP) is 2.63. The second kappa shape index (κ2) is 4.63. The van der Waals surface area contributed by atoms with Gasteiger partial charge in [0.05, 0.1) is 0 Å². The summed E-state index contributed by atoms with van der Waals surface area (Å²) in [6.45, 7) is 2.80. The molecule has 0 atom stereocenters. The van der Waals surface area contributed by atoms with Crippen LogP contribution in [0.1, 0.15) is 17.5 Å². The van der Waals surface area contributed by atoms with Crippen molar-refractivity contribution in [1.29, 1.82) is 0 Å². The first-order valence-corrected chi connectivity index (χ1v) is 6.59. The largest absolute Gasteiger partial charge is 0.322 e. The quantitative estimate of drug-likeness (QED) is 0.907. The Morgan fingerprint density at radius 2 is 2.24 bits per heavy atom. The smallest absolute Gasteiger partial charge is 0.0447 e. The Hall–Kier alpha value is -1.13. The zero-order chi connectivity index (χ0) is 11.7. The van der Waals surface area contributed by atoms with Gasteiger partial charge in [0, 0.05) is 42.4 Å². The lowest BCUT2D eigenvalue weighted by Crippen LogP contribution is -2.33. The maximum atomic E-state index is 4.19. The Morgan fingerprint density at radius 1 is 1.29 bits per heavy atom. The van der Waals surface area contributed by atoms with E-state index in [1.54, 1.807) is 0 Å². The fourth-order valence-electron chi connectivity index (χ4n) is 2.24. The lowest BCUT2D eigenvalue weighted by molar-refractivity contribution is 0.213.